The van der Waals surface area contributed by atoms with Gasteiger partial charge in [0.05, 0.1) is 15.2 Å². The lowest BCUT2D eigenvalue weighted by atomic mass is 9.91. The average molecular weight is 288 g/mol. The number of hydrogen-bond acceptors (Lipinski definition) is 2. The minimum atomic E-state index is -1.35. The fourth-order valence-corrected chi connectivity index (χ4v) is 5.17. The highest BCUT2D eigenvalue weighted by atomic mass is 28.3. The van der Waals surface area contributed by atoms with Gasteiger partial charge < -0.3 is 4.74 Å². The van der Waals surface area contributed by atoms with E-state index in [2.05, 4.69) is 25.7 Å². The first-order chi connectivity index (χ1) is 9.41. The first-order valence-electron chi connectivity index (χ1n) is 7.30. The fourth-order valence-electron chi connectivity index (χ4n) is 2.92. The summed E-state index contributed by atoms with van der Waals surface area (Å²) in [6, 6.07) is 7.94. The van der Waals surface area contributed by atoms with Gasteiger partial charge in [0.1, 0.15) is 5.75 Å². The fraction of sp³-hybridized carbons (Fsp3) is 0.471. The maximum absolute atomic E-state index is 12.3. The number of carbonyl (C=O) groups excluding carboxylic acids is 1. The van der Waals surface area contributed by atoms with Gasteiger partial charge in [0, 0.05) is 6.42 Å². The molecule has 0 aromatic heterocycles. The number of benzene rings is 1. The van der Waals surface area contributed by atoms with Crippen LogP contribution in [-0.2, 0) is 4.79 Å². The van der Waals surface area contributed by atoms with Gasteiger partial charge in [-0.1, -0.05) is 31.8 Å². The first-order valence-corrected chi connectivity index (χ1v) is 10.9. The topological polar surface area (TPSA) is 26.3 Å². The zero-order chi connectivity index (χ0) is 14.8. The van der Waals surface area contributed by atoms with Gasteiger partial charge >= 0.3 is 0 Å². The predicted molar refractivity (Wildman–Crippen MR) is 86.9 cm³/mol. The Hall–Kier alpha value is -1.35. The smallest absolute Gasteiger partial charge is 0.158 e. The highest BCUT2D eigenvalue weighted by Crippen LogP contribution is 2.40. The number of rotatable bonds is 3. The molecule has 0 bridgehead atoms. The van der Waals surface area contributed by atoms with Crippen LogP contribution in [0.2, 0.25) is 25.2 Å². The third-order valence-corrected chi connectivity index (χ3v) is 6.77. The summed E-state index contributed by atoms with van der Waals surface area (Å²) in [5.74, 6) is 1.20. The van der Waals surface area contributed by atoms with Crippen molar-refractivity contribution in [2.24, 2.45) is 0 Å². The Labute approximate surface area is 122 Å². The highest BCUT2D eigenvalue weighted by molar-refractivity contribution is 6.78. The predicted octanol–water partition coefficient (Wildman–Crippen LogP) is 4.54. The number of ether oxygens (including phenoxy) is 1. The van der Waals surface area contributed by atoms with Crippen LogP contribution in [0.1, 0.15) is 24.8 Å². The van der Waals surface area contributed by atoms with Crippen molar-refractivity contribution in [3.8, 4) is 5.75 Å². The largest absolute Gasteiger partial charge is 0.497 e. The van der Waals surface area contributed by atoms with E-state index in [0.29, 0.717) is 17.7 Å². The number of ketones is 1. The number of Topliss-reactive ketones (excluding diaryl/α,β-unsaturated/α-hetero) is 1. The van der Waals surface area contributed by atoms with E-state index >= 15 is 0 Å². The van der Waals surface area contributed by atoms with Gasteiger partial charge in [-0.25, -0.2) is 0 Å². The van der Waals surface area contributed by atoms with Gasteiger partial charge in [-0.3, -0.25) is 4.79 Å². The number of carbonyl (C=O) groups is 1. The second kappa shape index (κ2) is 5.96. The summed E-state index contributed by atoms with van der Waals surface area (Å²) in [5, 5.41) is 0. The SMILES string of the molecule is COc1ccc(/C=C2\C(=O)CCCC2[Si](C)(C)C)cc1. The van der Waals surface area contributed by atoms with Gasteiger partial charge in [0.15, 0.2) is 5.78 Å². The third kappa shape index (κ3) is 3.40. The Morgan fingerprint density at radius 1 is 1.20 bits per heavy atom. The highest BCUT2D eigenvalue weighted by Gasteiger charge is 2.35. The summed E-state index contributed by atoms with van der Waals surface area (Å²) in [5.41, 5.74) is 2.64. The molecule has 0 N–H and O–H groups in total. The van der Waals surface area contributed by atoms with Gasteiger partial charge in [0.25, 0.3) is 0 Å². The second-order valence-electron chi connectivity index (χ2n) is 6.61. The Morgan fingerprint density at radius 3 is 2.40 bits per heavy atom. The number of methoxy groups -OCH3 is 1. The molecule has 0 radical (unpaired) electrons. The summed E-state index contributed by atoms with van der Waals surface area (Å²) < 4.78 is 5.17. The van der Waals surface area contributed by atoms with Gasteiger partial charge in [0.2, 0.25) is 0 Å². The van der Waals surface area contributed by atoms with E-state index < -0.39 is 8.07 Å². The lowest BCUT2D eigenvalue weighted by Gasteiger charge is -2.34. The van der Waals surface area contributed by atoms with Crippen molar-refractivity contribution < 1.29 is 9.53 Å². The molecule has 1 saturated carbocycles. The van der Waals surface area contributed by atoms with E-state index in [1.807, 2.05) is 24.3 Å². The van der Waals surface area contributed by atoms with Crippen LogP contribution in [0.25, 0.3) is 6.08 Å². The summed E-state index contributed by atoms with van der Waals surface area (Å²) in [4.78, 5) is 12.3. The second-order valence-corrected chi connectivity index (χ2v) is 12.0. The van der Waals surface area contributed by atoms with Crippen LogP contribution < -0.4 is 4.74 Å². The molecule has 0 spiro atoms. The summed E-state index contributed by atoms with van der Waals surface area (Å²) in [6.07, 6.45) is 5.03. The maximum atomic E-state index is 12.3. The average Bonchev–Trinajstić information content (AvgIpc) is 2.40. The normalized spacial score (nSPS) is 22.1. The Kier molecular flexibility index (Phi) is 4.48. The molecule has 1 fully saturated rings. The maximum Gasteiger partial charge on any atom is 0.158 e. The summed E-state index contributed by atoms with van der Waals surface area (Å²) in [6.45, 7) is 7.08. The number of allylic oxidation sites excluding steroid dienone is 1. The molecule has 108 valence electrons. The van der Waals surface area contributed by atoms with Crippen molar-refractivity contribution >= 4 is 19.9 Å². The number of hydrogen-bond donors (Lipinski definition) is 0. The minimum absolute atomic E-state index is 0.347. The quantitative estimate of drug-likeness (QED) is 0.603. The van der Waals surface area contributed by atoms with Gasteiger partial charge in [-0.05, 0) is 47.7 Å². The molecule has 1 aliphatic carbocycles. The zero-order valence-corrected chi connectivity index (χ0v) is 13.9. The molecule has 2 nitrogen and oxygen atoms in total. The molecule has 3 heteroatoms. The van der Waals surface area contributed by atoms with Crippen molar-refractivity contribution in [3.63, 3.8) is 0 Å². The molecule has 1 aromatic rings. The van der Waals surface area contributed by atoms with Crippen LogP contribution in [0, 0.1) is 0 Å². The molecule has 20 heavy (non-hydrogen) atoms. The molecule has 0 aliphatic heterocycles. The van der Waals surface area contributed by atoms with Crippen LogP contribution in [-0.4, -0.2) is 21.0 Å². The Morgan fingerprint density at radius 2 is 1.85 bits per heavy atom. The zero-order valence-electron chi connectivity index (χ0n) is 12.9. The van der Waals surface area contributed by atoms with E-state index in [1.165, 1.54) is 6.42 Å². The molecule has 0 amide bonds. The molecule has 1 unspecified atom stereocenters. The standard InChI is InChI=1S/C17H24O2Si/c1-19-14-10-8-13(9-11-14)12-15-16(18)6-5-7-17(15)20(2,3)4/h8-12,17H,5-7H2,1-4H3/b15-12+. The van der Waals surface area contributed by atoms with E-state index in [4.69, 9.17) is 4.74 Å². The molecular weight excluding hydrogens is 264 g/mol. The molecule has 0 saturated heterocycles. The van der Waals surface area contributed by atoms with E-state index in [-0.39, 0.29) is 0 Å². The van der Waals surface area contributed by atoms with Crippen molar-refractivity contribution in [1.29, 1.82) is 0 Å². The van der Waals surface area contributed by atoms with Crippen molar-refractivity contribution in [2.45, 2.75) is 44.4 Å². The van der Waals surface area contributed by atoms with Crippen molar-refractivity contribution in [2.75, 3.05) is 7.11 Å². The van der Waals surface area contributed by atoms with Crippen molar-refractivity contribution in [3.05, 3.63) is 35.4 Å². The third-order valence-electron chi connectivity index (χ3n) is 4.08. The molecule has 1 aliphatic rings. The molecule has 2 rings (SSSR count). The van der Waals surface area contributed by atoms with E-state index in [9.17, 15) is 4.79 Å². The lowest BCUT2D eigenvalue weighted by Crippen LogP contribution is -2.34. The summed E-state index contributed by atoms with van der Waals surface area (Å²) >= 11 is 0. The van der Waals surface area contributed by atoms with Crippen LogP contribution in [0.15, 0.2) is 29.8 Å². The molecule has 1 atom stereocenters. The molecular formula is C17H24O2Si. The Balaban J connectivity index is 2.33. The van der Waals surface area contributed by atoms with Gasteiger partial charge in [-0.2, -0.15) is 0 Å². The Bertz CT molecular complexity index is 509. The molecule has 0 heterocycles. The molecule has 1 aromatic carbocycles. The van der Waals surface area contributed by atoms with Crippen molar-refractivity contribution in [1.82, 2.24) is 0 Å². The van der Waals surface area contributed by atoms with Gasteiger partial charge in [-0.15, -0.1) is 0 Å². The van der Waals surface area contributed by atoms with Crippen LogP contribution in [0.3, 0.4) is 0 Å². The van der Waals surface area contributed by atoms with E-state index in [0.717, 1.165) is 23.3 Å². The minimum Gasteiger partial charge on any atom is -0.497 e. The van der Waals surface area contributed by atoms with Crippen LogP contribution in [0.4, 0.5) is 0 Å². The van der Waals surface area contributed by atoms with E-state index in [1.54, 1.807) is 7.11 Å². The van der Waals surface area contributed by atoms with Crippen LogP contribution in [0.5, 0.6) is 5.75 Å². The summed E-state index contributed by atoms with van der Waals surface area (Å²) in [7, 11) is 0.319. The van der Waals surface area contributed by atoms with Crippen LogP contribution >= 0.6 is 0 Å². The first kappa shape index (κ1) is 15.0. The monoisotopic (exact) mass is 288 g/mol. The lowest BCUT2D eigenvalue weighted by molar-refractivity contribution is -0.116.